The Labute approximate surface area is 115 Å². The molecule has 1 aromatic heterocycles. The Kier molecular flexibility index (Phi) is 4.87. The Morgan fingerprint density at radius 3 is 2.74 bits per heavy atom. The molecule has 0 bridgehead atoms. The summed E-state index contributed by atoms with van der Waals surface area (Å²) in [6.07, 6.45) is 2.78. The number of rotatable bonds is 5. The zero-order valence-electron chi connectivity index (χ0n) is 10.4. The third kappa shape index (κ3) is 3.75. The predicted molar refractivity (Wildman–Crippen MR) is 73.1 cm³/mol. The van der Waals surface area contributed by atoms with Crippen LogP contribution in [0.4, 0.5) is 8.78 Å². The van der Waals surface area contributed by atoms with E-state index in [-0.39, 0.29) is 17.7 Å². The van der Waals surface area contributed by atoms with E-state index >= 15 is 0 Å². The van der Waals surface area contributed by atoms with Crippen molar-refractivity contribution in [2.24, 2.45) is 0 Å². The number of aromatic nitrogens is 1. The second-order valence-corrected chi connectivity index (χ2v) is 5.08. The molecule has 0 spiro atoms. The number of nitrogens with zero attached hydrogens (tertiary/aromatic N) is 1. The normalized spacial score (nSPS) is 12.4. The van der Waals surface area contributed by atoms with Crippen molar-refractivity contribution in [1.82, 2.24) is 10.3 Å². The van der Waals surface area contributed by atoms with Gasteiger partial charge in [0.2, 0.25) is 0 Å². The first kappa shape index (κ1) is 14.0. The summed E-state index contributed by atoms with van der Waals surface area (Å²) in [5, 5.41) is 3.09. The van der Waals surface area contributed by atoms with Crippen LogP contribution in [0, 0.1) is 11.6 Å². The summed E-state index contributed by atoms with van der Waals surface area (Å²) >= 11 is 1.39. The first-order chi connectivity index (χ1) is 9.20. The van der Waals surface area contributed by atoms with E-state index in [1.54, 1.807) is 31.4 Å². The van der Waals surface area contributed by atoms with Crippen LogP contribution < -0.4 is 5.32 Å². The molecule has 1 unspecified atom stereocenters. The number of halogens is 2. The van der Waals surface area contributed by atoms with Crippen molar-refractivity contribution in [2.45, 2.75) is 10.9 Å². The van der Waals surface area contributed by atoms with Crippen LogP contribution in [0.1, 0.15) is 11.6 Å². The average Bonchev–Trinajstić information content (AvgIpc) is 2.41. The summed E-state index contributed by atoms with van der Waals surface area (Å²) < 4.78 is 26.6. The highest BCUT2D eigenvalue weighted by molar-refractivity contribution is 7.99. The third-order valence-electron chi connectivity index (χ3n) is 2.72. The molecule has 0 saturated carbocycles. The van der Waals surface area contributed by atoms with Crippen LogP contribution >= 0.6 is 11.8 Å². The van der Waals surface area contributed by atoms with E-state index in [1.165, 1.54) is 30.1 Å². The molecule has 19 heavy (non-hydrogen) atoms. The standard InChI is InChI=1S/C14H14F2N2S/c1-17-13(10-6-11(15)8-18-7-10)9-19-14-5-3-2-4-12(14)16/h2-8,13,17H,9H2,1H3. The van der Waals surface area contributed by atoms with Gasteiger partial charge >= 0.3 is 0 Å². The van der Waals surface area contributed by atoms with Crippen molar-refractivity contribution in [2.75, 3.05) is 12.8 Å². The maximum Gasteiger partial charge on any atom is 0.141 e. The highest BCUT2D eigenvalue weighted by Crippen LogP contribution is 2.26. The van der Waals surface area contributed by atoms with Crippen LogP contribution in [0.3, 0.4) is 0 Å². The minimum Gasteiger partial charge on any atom is -0.312 e. The van der Waals surface area contributed by atoms with Gasteiger partial charge in [0.05, 0.1) is 6.20 Å². The van der Waals surface area contributed by atoms with Crippen molar-refractivity contribution < 1.29 is 8.78 Å². The van der Waals surface area contributed by atoms with Gasteiger partial charge < -0.3 is 5.32 Å². The minimum atomic E-state index is -0.367. The minimum absolute atomic E-state index is 0.0761. The van der Waals surface area contributed by atoms with Crippen LogP contribution in [0.2, 0.25) is 0 Å². The average molecular weight is 280 g/mol. The van der Waals surface area contributed by atoms with Gasteiger partial charge in [0.25, 0.3) is 0 Å². The molecule has 0 aliphatic carbocycles. The molecule has 1 atom stereocenters. The molecule has 1 heterocycles. The van der Waals surface area contributed by atoms with E-state index in [0.29, 0.717) is 10.6 Å². The predicted octanol–water partition coefficient (Wildman–Crippen LogP) is 3.41. The lowest BCUT2D eigenvalue weighted by atomic mass is 10.1. The van der Waals surface area contributed by atoms with E-state index in [4.69, 9.17) is 0 Å². The Balaban J connectivity index is 2.06. The smallest absolute Gasteiger partial charge is 0.141 e. The van der Waals surface area contributed by atoms with E-state index < -0.39 is 0 Å². The maximum atomic E-state index is 13.5. The van der Waals surface area contributed by atoms with Gasteiger partial charge in [0.15, 0.2) is 0 Å². The van der Waals surface area contributed by atoms with Crippen molar-refractivity contribution in [3.05, 3.63) is 59.9 Å². The quantitative estimate of drug-likeness (QED) is 0.850. The Bertz CT molecular complexity index is 548. The van der Waals surface area contributed by atoms with Crippen LogP contribution in [0.5, 0.6) is 0 Å². The summed E-state index contributed by atoms with van der Waals surface area (Å²) in [6.45, 7) is 0. The van der Waals surface area contributed by atoms with Gasteiger partial charge in [0, 0.05) is 22.9 Å². The van der Waals surface area contributed by atoms with Crippen LogP contribution in [0.25, 0.3) is 0 Å². The summed E-state index contributed by atoms with van der Waals surface area (Å²) in [6, 6.07) is 7.98. The number of nitrogens with one attached hydrogen (secondary N) is 1. The number of pyridine rings is 1. The van der Waals surface area contributed by atoms with Gasteiger partial charge in [-0.05, 0) is 30.8 Å². The van der Waals surface area contributed by atoms with E-state index in [1.807, 2.05) is 0 Å². The molecule has 2 rings (SSSR count). The molecule has 0 radical (unpaired) electrons. The Morgan fingerprint density at radius 1 is 1.26 bits per heavy atom. The van der Waals surface area contributed by atoms with Crippen molar-refractivity contribution >= 4 is 11.8 Å². The molecule has 1 N–H and O–H groups in total. The summed E-state index contributed by atoms with van der Waals surface area (Å²) in [7, 11) is 1.79. The maximum absolute atomic E-state index is 13.5. The lowest BCUT2D eigenvalue weighted by Gasteiger charge is -2.16. The lowest BCUT2D eigenvalue weighted by Crippen LogP contribution is -2.19. The highest BCUT2D eigenvalue weighted by Gasteiger charge is 2.12. The Hall–Kier alpha value is -1.46. The van der Waals surface area contributed by atoms with Crippen LogP contribution in [-0.2, 0) is 0 Å². The molecule has 0 aliphatic rings. The van der Waals surface area contributed by atoms with E-state index in [2.05, 4.69) is 10.3 Å². The fourth-order valence-electron chi connectivity index (χ4n) is 1.70. The van der Waals surface area contributed by atoms with Crippen molar-refractivity contribution in [3.63, 3.8) is 0 Å². The summed E-state index contributed by atoms with van der Waals surface area (Å²) in [5.74, 6) is -0.00360. The lowest BCUT2D eigenvalue weighted by molar-refractivity contribution is 0.597. The van der Waals surface area contributed by atoms with Gasteiger partial charge in [-0.2, -0.15) is 0 Å². The molecule has 0 aliphatic heterocycles. The molecule has 2 aromatic rings. The second kappa shape index (κ2) is 6.63. The molecule has 2 nitrogen and oxygen atoms in total. The topological polar surface area (TPSA) is 24.9 Å². The third-order valence-corrected chi connectivity index (χ3v) is 3.86. The zero-order valence-corrected chi connectivity index (χ0v) is 11.3. The van der Waals surface area contributed by atoms with Gasteiger partial charge in [0.1, 0.15) is 11.6 Å². The molecule has 5 heteroatoms. The number of hydrogen-bond donors (Lipinski definition) is 1. The zero-order chi connectivity index (χ0) is 13.7. The number of benzene rings is 1. The highest BCUT2D eigenvalue weighted by atomic mass is 32.2. The van der Waals surface area contributed by atoms with Crippen molar-refractivity contribution in [1.29, 1.82) is 0 Å². The molecule has 0 amide bonds. The molecule has 1 aromatic carbocycles. The summed E-state index contributed by atoms with van der Waals surface area (Å²) in [4.78, 5) is 4.42. The fourth-order valence-corrected chi connectivity index (χ4v) is 2.79. The number of hydrogen-bond acceptors (Lipinski definition) is 3. The van der Waals surface area contributed by atoms with Gasteiger partial charge in [-0.1, -0.05) is 12.1 Å². The van der Waals surface area contributed by atoms with Crippen LogP contribution in [0.15, 0.2) is 47.6 Å². The molecular weight excluding hydrogens is 266 g/mol. The fraction of sp³-hybridized carbons (Fsp3) is 0.214. The monoisotopic (exact) mass is 280 g/mol. The van der Waals surface area contributed by atoms with Gasteiger partial charge in [-0.15, -0.1) is 11.8 Å². The molecular formula is C14H14F2N2S. The largest absolute Gasteiger partial charge is 0.312 e. The molecule has 100 valence electrons. The van der Waals surface area contributed by atoms with E-state index in [9.17, 15) is 8.78 Å². The SMILES string of the molecule is CNC(CSc1ccccc1F)c1cncc(F)c1. The second-order valence-electron chi connectivity index (χ2n) is 4.02. The van der Waals surface area contributed by atoms with Crippen LogP contribution in [-0.4, -0.2) is 17.8 Å². The van der Waals surface area contributed by atoms with Gasteiger partial charge in [-0.25, -0.2) is 8.78 Å². The number of thioether (sulfide) groups is 1. The molecule has 0 saturated heterocycles. The Morgan fingerprint density at radius 2 is 2.05 bits per heavy atom. The van der Waals surface area contributed by atoms with Gasteiger partial charge in [-0.3, -0.25) is 4.98 Å². The summed E-state index contributed by atoms with van der Waals surface area (Å²) in [5.41, 5.74) is 0.756. The first-order valence-electron chi connectivity index (χ1n) is 5.85. The molecule has 0 fully saturated rings. The first-order valence-corrected chi connectivity index (χ1v) is 6.84. The van der Waals surface area contributed by atoms with Crippen molar-refractivity contribution in [3.8, 4) is 0 Å². The van der Waals surface area contributed by atoms with E-state index in [0.717, 1.165) is 5.56 Å².